The van der Waals surface area contributed by atoms with Gasteiger partial charge < -0.3 is 0 Å². The second-order valence-corrected chi connectivity index (χ2v) is 2.89. The highest BCUT2D eigenvalue weighted by atomic mass is 32.1. The molecule has 0 aromatic carbocycles. The van der Waals surface area contributed by atoms with Crippen molar-refractivity contribution in [1.82, 2.24) is 0 Å². The van der Waals surface area contributed by atoms with E-state index in [1.807, 2.05) is 6.07 Å². The van der Waals surface area contributed by atoms with Crippen LogP contribution in [0.25, 0.3) is 11.1 Å². The molecule has 0 fully saturated rings. The van der Waals surface area contributed by atoms with E-state index in [1.165, 1.54) is 6.07 Å². The van der Waals surface area contributed by atoms with Crippen LogP contribution in [0.15, 0.2) is 23.6 Å². The second kappa shape index (κ2) is 2.06. The van der Waals surface area contributed by atoms with Gasteiger partial charge in [-0.05, 0) is 23.3 Å². The van der Waals surface area contributed by atoms with Gasteiger partial charge in [0.1, 0.15) is 0 Å². The Balaban J connectivity index is 2.75. The molecule has 0 bridgehead atoms. The topological polar surface area (TPSA) is 0 Å². The molecule has 0 N–H and O–H groups in total. The van der Waals surface area contributed by atoms with Crippen molar-refractivity contribution in [2.75, 3.05) is 0 Å². The molecule has 49 valence electrons. The van der Waals surface area contributed by atoms with Crippen LogP contribution in [0.4, 0.5) is 4.39 Å². The molecule has 2 rings (SSSR count). The van der Waals surface area contributed by atoms with Crippen LogP contribution >= 0.6 is 11.3 Å². The lowest BCUT2D eigenvalue weighted by Crippen LogP contribution is -1.71. The summed E-state index contributed by atoms with van der Waals surface area (Å²) < 4.78 is 12.5. The number of fused-ring (bicyclic) bond motifs is 1. The van der Waals surface area contributed by atoms with E-state index < -0.39 is 0 Å². The first-order chi connectivity index (χ1) is 4.86. The molecule has 0 atom stereocenters. The summed E-state index contributed by atoms with van der Waals surface area (Å²) in [7, 11) is 0. The van der Waals surface area contributed by atoms with Crippen LogP contribution in [-0.4, -0.2) is 0 Å². The highest BCUT2D eigenvalue weighted by Gasteiger charge is 2.01. The molecule has 1 aliphatic carbocycles. The maximum absolute atomic E-state index is 12.5. The normalized spacial score (nSPS) is 10.5. The van der Waals surface area contributed by atoms with Gasteiger partial charge >= 0.3 is 0 Å². The van der Waals surface area contributed by atoms with Crippen molar-refractivity contribution < 1.29 is 4.39 Å². The molecule has 0 spiro atoms. The van der Waals surface area contributed by atoms with Gasteiger partial charge in [-0.1, -0.05) is 12.1 Å². The third kappa shape index (κ3) is 0.809. The minimum atomic E-state index is -0.157. The Morgan fingerprint density at radius 3 is 3.30 bits per heavy atom. The van der Waals surface area contributed by atoms with Crippen molar-refractivity contribution in [3.8, 4) is 11.1 Å². The van der Waals surface area contributed by atoms with Crippen molar-refractivity contribution in [2.24, 2.45) is 0 Å². The lowest BCUT2D eigenvalue weighted by molar-refractivity contribution is 0.656. The first-order valence-electron chi connectivity index (χ1n) is 2.91. The van der Waals surface area contributed by atoms with Crippen LogP contribution in [0, 0.1) is 11.2 Å². The Kier molecular flexibility index (Phi) is 1.21. The quantitative estimate of drug-likeness (QED) is 0.543. The van der Waals surface area contributed by atoms with Gasteiger partial charge in [0, 0.05) is 5.38 Å². The zero-order chi connectivity index (χ0) is 6.97. The van der Waals surface area contributed by atoms with Gasteiger partial charge in [-0.15, -0.1) is 11.3 Å². The summed E-state index contributed by atoms with van der Waals surface area (Å²) in [6.07, 6.45) is 0. The van der Waals surface area contributed by atoms with Crippen molar-refractivity contribution in [3.63, 3.8) is 0 Å². The van der Waals surface area contributed by atoms with Crippen LogP contribution in [0.3, 0.4) is 0 Å². The van der Waals surface area contributed by atoms with Crippen LogP contribution in [0.2, 0.25) is 0 Å². The molecule has 2 aliphatic rings. The average molecular weight is 151 g/mol. The molecule has 1 aliphatic heterocycles. The fourth-order valence-corrected chi connectivity index (χ4v) is 1.52. The smallest absolute Gasteiger partial charge is 0.177 e. The number of hydrogen-bond acceptors (Lipinski definition) is 1. The Hall–Kier alpha value is -0.890. The van der Waals surface area contributed by atoms with Gasteiger partial charge in [0.2, 0.25) is 0 Å². The highest BCUT2D eigenvalue weighted by molar-refractivity contribution is 7.08. The van der Waals surface area contributed by atoms with E-state index in [-0.39, 0.29) is 5.13 Å². The van der Waals surface area contributed by atoms with Gasteiger partial charge in [-0.25, -0.2) is 0 Å². The lowest BCUT2D eigenvalue weighted by Gasteiger charge is -1.93. The van der Waals surface area contributed by atoms with E-state index in [9.17, 15) is 4.39 Å². The molecule has 0 saturated carbocycles. The summed E-state index contributed by atoms with van der Waals surface area (Å²) in [5.74, 6) is 0. The van der Waals surface area contributed by atoms with E-state index >= 15 is 0 Å². The highest BCUT2D eigenvalue weighted by Crippen LogP contribution is 2.25. The zero-order valence-electron chi connectivity index (χ0n) is 5.10. The van der Waals surface area contributed by atoms with Gasteiger partial charge in [0.15, 0.2) is 5.13 Å². The van der Waals surface area contributed by atoms with Crippen molar-refractivity contribution in [2.45, 2.75) is 0 Å². The Morgan fingerprint density at radius 2 is 2.40 bits per heavy atom. The zero-order valence-corrected chi connectivity index (χ0v) is 5.91. The molecule has 0 aromatic rings. The first kappa shape index (κ1) is 5.86. The Bertz CT molecular complexity index is 313. The fraction of sp³-hybridized carbons (Fsp3) is 0. The molecule has 2 heteroatoms. The summed E-state index contributed by atoms with van der Waals surface area (Å²) >= 11 is 1.11. The van der Waals surface area contributed by atoms with E-state index in [0.29, 0.717) is 0 Å². The predicted octanol–water partition coefficient (Wildman–Crippen LogP) is 2.79. The molecule has 10 heavy (non-hydrogen) atoms. The van der Waals surface area contributed by atoms with Crippen molar-refractivity contribution in [1.29, 1.82) is 0 Å². The summed E-state index contributed by atoms with van der Waals surface area (Å²) in [5.41, 5.74) is 1.92. The lowest BCUT2D eigenvalue weighted by atomic mass is 10.2. The third-order valence-corrected chi connectivity index (χ3v) is 2.08. The summed E-state index contributed by atoms with van der Waals surface area (Å²) in [4.78, 5) is 0. The molecular formula is C8H4FS. The average Bonchev–Trinajstić information content (AvgIpc) is 2.33. The number of rotatable bonds is 0. The van der Waals surface area contributed by atoms with Crippen LogP contribution in [-0.2, 0) is 0 Å². The van der Waals surface area contributed by atoms with Crippen molar-refractivity contribution >= 4 is 11.3 Å². The number of halogens is 1. The van der Waals surface area contributed by atoms with E-state index in [0.717, 1.165) is 22.5 Å². The SMILES string of the molecule is Fc1cc2[c]ccc-2cs1. The van der Waals surface area contributed by atoms with Gasteiger partial charge in [0.25, 0.3) is 0 Å². The molecule has 0 aromatic heterocycles. The summed E-state index contributed by atoms with van der Waals surface area (Å²) in [5, 5.41) is 1.64. The molecule has 0 amide bonds. The minimum absolute atomic E-state index is 0.157. The third-order valence-electron chi connectivity index (χ3n) is 1.37. The van der Waals surface area contributed by atoms with Crippen LogP contribution in [0.1, 0.15) is 0 Å². The monoisotopic (exact) mass is 151 g/mol. The molecule has 0 unspecified atom stereocenters. The standard InChI is InChI=1S/C8H4FS/c9-8-4-6-2-1-3-7(6)5-10-8/h1,3-5H. The number of hydrogen-bond donors (Lipinski definition) is 0. The van der Waals surface area contributed by atoms with E-state index in [4.69, 9.17) is 0 Å². The second-order valence-electron chi connectivity index (χ2n) is 2.03. The molecule has 0 saturated heterocycles. The van der Waals surface area contributed by atoms with Crippen LogP contribution < -0.4 is 0 Å². The summed E-state index contributed by atoms with van der Waals surface area (Å²) in [6, 6.07) is 8.15. The van der Waals surface area contributed by atoms with Gasteiger partial charge in [-0.3, -0.25) is 0 Å². The van der Waals surface area contributed by atoms with E-state index in [1.54, 1.807) is 11.4 Å². The maximum Gasteiger partial charge on any atom is 0.177 e. The Morgan fingerprint density at radius 1 is 1.50 bits per heavy atom. The molecular weight excluding hydrogens is 147 g/mol. The fourth-order valence-electron chi connectivity index (χ4n) is 0.889. The van der Waals surface area contributed by atoms with Gasteiger partial charge in [-0.2, -0.15) is 4.39 Å². The first-order valence-corrected chi connectivity index (χ1v) is 3.79. The maximum atomic E-state index is 12.5. The van der Waals surface area contributed by atoms with Crippen molar-refractivity contribution in [3.05, 3.63) is 34.8 Å². The van der Waals surface area contributed by atoms with Crippen LogP contribution in [0.5, 0.6) is 0 Å². The molecule has 1 heterocycles. The molecule has 0 nitrogen and oxygen atoms in total. The Labute approximate surface area is 62.3 Å². The van der Waals surface area contributed by atoms with Gasteiger partial charge in [0.05, 0.1) is 0 Å². The largest absolute Gasteiger partial charge is 0.195 e. The van der Waals surface area contributed by atoms with E-state index in [2.05, 4.69) is 6.07 Å². The summed E-state index contributed by atoms with van der Waals surface area (Å²) in [6.45, 7) is 0. The molecule has 1 radical (unpaired) electrons. The minimum Gasteiger partial charge on any atom is -0.195 e. The predicted molar refractivity (Wildman–Crippen MR) is 39.7 cm³/mol.